The Balaban J connectivity index is 0. The first-order valence-electron chi connectivity index (χ1n) is 10.3. The zero-order valence-electron chi connectivity index (χ0n) is 17.3. The van der Waals surface area contributed by atoms with Gasteiger partial charge in [-0.05, 0) is 39.0 Å². The monoisotopic (exact) mass is 393 g/mol. The SMILES string of the molecule is CCCCCCCC/C=C\CCCCCCCC(C)N.COS(=O)(=O)O. The second-order valence-electron chi connectivity index (χ2n) is 6.94. The Morgan fingerprint density at radius 1 is 0.885 bits per heavy atom. The topological polar surface area (TPSA) is 89.6 Å². The molecule has 1 atom stereocenters. The van der Waals surface area contributed by atoms with Crippen LogP contribution in [0.5, 0.6) is 0 Å². The van der Waals surface area contributed by atoms with Crippen molar-refractivity contribution in [2.45, 2.75) is 110 Å². The summed E-state index contributed by atoms with van der Waals surface area (Å²) in [7, 11) is -3.29. The van der Waals surface area contributed by atoms with E-state index in [4.69, 9.17) is 10.3 Å². The number of allylic oxidation sites excluding steroid dienone is 2. The van der Waals surface area contributed by atoms with Crippen LogP contribution in [0.4, 0.5) is 0 Å². The molecule has 0 spiro atoms. The van der Waals surface area contributed by atoms with E-state index in [2.05, 4.69) is 30.2 Å². The molecule has 0 heterocycles. The average Bonchev–Trinajstić information content (AvgIpc) is 2.58. The number of nitrogens with two attached hydrogens (primary N) is 1. The molecule has 0 aliphatic heterocycles. The maximum absolute atomic E-state index is 9.33. The molecule has 0 bridgehead atoms. The summed E-state index contributed by atoms with van der Waals surface area (Å²) in [6, 6.07) is 0.389. The van der Waals surface area contributed by atoms with Gasteiger partial charge in [-0.3, -0.25) is 8.74 Å². The fraction of sp³-hybridized carbons (Fsp3) is 0.900. The van der Waals surface area contributed by atoms with E-state index in [1.165, 1.54) is 89.9 Å². The summed E-state index contributed by atoms with van der Waals surface area (Å²) in [5.41, 5.74) is 5.74. The Morgan fingerprint density at radius 2 is 1.27 bits per heavy atom. The minimum absolute atomic E-state index is 0.389. The van der Waals surface area contributed by atoms with Crippen molar-refractivity contribution in [2.75, 3.05) is 7.11 Å². The van der Waals surface area contributed by atoms with Crippen LogP contribution in [-0.2, 0) is 14.6 Å². The molecule has 26 heavy (non-hydrogen) atoms. The second-order valence-corrected chi connectivity index (χ2v) is 8.13. The van der Waals surface area contributed by atoms with Gasteiger partial charge in [-0.1, -0.05) is 76.9 Å². The van der Waals surface area contributed by atoms with Crippen molar-refractivity contribution in [1.82, 2.24) is 0 Å². The lowest BCUT2D eigenvalue weighted by Gasteiger charge is -2.03. The van der Waals surface area contributed by atoms with Crippen LogP contribution in [0.2, 0.25) is 0 Å². The predicted octanol–water partition coefficient (Wildman–Crippen LogP) is 5.81. The van der Waals surface area contributed by atoms with Crippen molar-refractivity contribution >= 4 is 10.4 Å². The average molecular weight is 394 g/mol. The van der Waals surface area contributed by atoms with Gasteiger partial charge in [-0.2, -0.15) is 8.42 Å². The van der Waals surface area contributed by atoms with Gasteiger partial charge in [0.05, 0.1) is 7.11 Å². The van der Waals surface area contributed by atoms with Crippen molar-refractivity contribution in [3.63, 3.8) is 0 Å². The fourth-order valence-electron chi connectivity index (χ4n) is 2.54. The van der Waals surface area contributed by atoms with Crippen molar-refractivity contribution in [1.29, 1.82) is 0 Å². The van der Waals surface area contributed by atoms with Crippen LogP contribution in [0.3, 0.4) is 0 Å². The summed E-state index contributed by atoms with van der Waals surface area (Å²) < 4.78 is 29.7. The Hall–Kier alpha value is -0.430. The fourth-order valence-corrected chi connectivity index (χ4v) is 2.54. The normalized spacial score (nSPS) is 12.8. The second kappa shape index (κ2) is 20.9. The van der Waals surface area contributed by atoms with Crippen LogP contribution in [0.25, 0.3) is 0 Å². The molecular formula is C20H43NO4S. The molecule has 5 nitrogen and oxygen atoms in total. The van der Waals surface area contributed by atoms with Crippen molar-refractivity contribution in [3.05, 3.63) is 12.2 Å². The maximum atomic E-state index is 9.33. The predicted molar refractivity (Wildman–Crippen MR) is 112 cm³/mol. The standard InChI is InChI=1S/C19H39N.CH4O4S/c1-3-4-5-6-7-8-9-10-11-12-13-14-15-16-17-18-19(2)20;1-5-6(2,3)4/h10-11,19H,3-9,12-18,20H2,1-2H3;1H3,(H,2,3,4)/b11-10-;. The summed E-state index contributed by atoms with van der Waals surface area (Å²) in [4.78, 5) is 0. The Kier molecular flexibility index (Phi) is 22.3. The van der Waals surface area contributed by atoms with E-state index >= 15 is 0 Å². The Morgan fingerprint density at radius 3 is 1.65 bits per heavy atom. The molecule has 0 radical (unpaired) electrons. The third-order valence-electron chi connectivity index (χ3n) is 4.13. The summed E-state index contributed by atoms with van der Waals surface area (Å²) in [6.07, 6.45) is 23.8. The summed E-state index contributed by atoms with van der Waals surface area (Å²) in [5.74, 6) is 0. The third kappa shape index (κ3) is 31.4. The molecular weight excluding hydrogens is 350 g/mol. The lowest BCUT2D eigenvalue weighted by atomic mass is 10.1. The first-order valence-corrected chi connectivity index (χ1v) is 11.6. The van der Waals surface area contributed by atoms with Gasteiger partial charge in [-0.25, -0.2) is 0 Å². The van der Waals surface area contributed by atoms with Gasteiger partial charge >= 0.3 is 10.4 Å². The zero-order valence-corrected chi connectivity index (χ0v) is 18.1. The Labute approximate surface area is 162 Å². The van der Waals surface area contributed by atoms with Crippen LogP contribution in [0, 0.1) is 0 Å². The Bertz CT molecular complexity index is 395. The molecule has 0 aromatic heterocycles. The van der Waals surface area contributed by atoms with E-state index in [9.17, 15) is 8.42 Å². The quantitative estimate of drug-likeness (QED) is 0.196. The number of hydrogen-bond acceptors (Lipinski definition) is 4. The molecule has 0 aliphatic rings. The van der Waals surface area contributed by atoms with Gasteiger partial charge in [0, 0.05) is 6.04 Å². The van der Waals surface area contributed by atoms with Gasteiger partial charge in [0.2, 0.25) is 0 Å². The van der Waals surface area contributed by atoms with Crippen LogP contribution < -0.4 is 5.73 Å². The van der Waals surface area contributed by atoms with E-state index in [1.54, 1.807) is 0 Å². The first-order chi connectivity index (χ1) is 12.3. The molecule has 0 aromatic rings. The lowest BCUT2D eigenvalue weighted by molar-refractivity contribution is 0.324. The van der Waals surface area contributed by atoms with Gasteiger partial charge < -0.3 is 5.73 Å². The van der Waals surface area contributed by atoms with E-state index in [-0.39, 0.29) is 0 Å². The molecule has 0 rings (SSSR count). The minimum atomic E-state index is -4.16. The first kappa shape index (κ1) is 27.8. The molecule has 0 aromatic carbocycles. The van der Waals surface area contributed by atoms with Gasteiger partial charge in [0.15, 0.2) is 0 Å². The molecule has 3 N–H and O–H groups in total. The van der Waals surface area contributed by atoms with Crippen molar-refractivity contribution < 1.29 is 17.2 Å². The van der Waals surface area contributed by atoms with E-state index in [1.807, 2.05) is 0 Å². The van der Waals surface area contributed by atoms with E-state index < -0.39 is 10.4 Å². The van der Waals surface area contributed by atoms with Gasteiger partial charge in [0.1, 0.15) is 0 Å². The molecule has 1 unspecified atom stereocenters. The highest BCUT2D eigenvalue weighted by Gasteiger charge is 1.95. The highest BCUT2D eigenvalue weighted by Crippen LogP contribution is 2.10. The van der Waals surface area contributed by atoms with E-state index in [0.717, 1.165) is 7.11 Å². The number of unbranched alkanes of at least 4 members (excludes halogenated alkanes) is 11. The zero-order chi connectivity index (χ0) is 20.1. The van der Waals surface area contributed by atoms with Crippen LogP contribution in [0.1, 0.15) is 104 Å². The largest absolute Gasteiger partial charge is 0.397 e. The number of hydrogen-bond donors (Lipinski definition) is 2. The highest BCUT2D eigenvalue weighted by atomic mass is 32.3. The third-order valence-corrected chi connectivity index (χ3v) is 4.55. The van der Waals surface area contributed by atoms with Crippen LogP contribution in [-0.4, -0.2) is 26.1 Å². The molecule has 0 saturated heterocycles. The molecule has 0 amide bonds. The smallest absolute Gasteiger partial charge is 0.328 e. The summed E-state index contributed by atoms with van der Waals surface area (Å²) >= 11 is 0. The summed E-state index contributed by atoms with van der Waals surface area (Å²) in [5, 5.41) is 0. The summed E-state index contributed by atoms with van der Waals surface area (Å²) in [6.45, 7) is 4.39. The highest BCUT2D eigenvalue weighted by molar-refractivity contribution is 7.80. The van der Waals surface area contributed by atoms with Crippen molar-refractivity contribution in [2.24, 2.45) is 5.73 Å². The minimum Gasteiger partial charge on any atom is -0.328 e. The lowest BCUT2D eigenvalue weighted by Crippen LogP contribution is -2.13. The molecule has 0 aliphatic carbocycles. The van der Waals surface area contributed by atoms with Crippen molar-refractivity contribution in [3.8, 4) is 0 Å². The van der Waals surface area contributed by atoms with E-state index in [0.29, 0.717) is 6.04 Å². The molecule has 6 heteroatoms. The van der Waals surface area contributed by atoms with Crippen LogP contribution in [0.15, 0.2) is 12.2 Å². The van der Waals surface area contributed by atoms with Gasteiger partial charge in [-0.15, -0.1) is 0 Å². The number of rotatable bonds is 16. The van der Waals surface area contributed by atoms with Gasteiger partial charge in [0.25, 0.3) is 0 Å². The molecule has 0 fully saturated rings. The molecule has 0 saturated carbocycles. The van der Waals surface area contributed by atoms with Crippen LogP contribution >= 0.6 is 0 Å². The maximum Gasteiger partial charge on any atom is 0.397 e. The molecule has 158 valence electrons.